The Labute approximate surface area is 122 Å². The van der Waals surface area contributed by atoms with Crippen LogP contribution in [-0.4, -0.2) is 26.8 Å². The highest BCUT2D eigenvalue weighted by molar-refractivity contribution is 6.31. The van der Waals surface area contributed by atoms with Gasteiger partial charge in [0, 0.05) is 18.7 Å². The zero-order chi connectivity index (χ0) is 14.5. The molecule has 0 saturated carbocycles. The molecule has 0 unspecified atom stereocenters. The normalized spacial score (nSPS) is 11.9. The van der Waals surface area contributed by atoms with Crippen molar-refractivity contribution in [2.75, 3.05) is 26.8 Å². The van der Waals surface area contributed by atoms with Crippen molar-refractivity contribution in [2.24, 2.45) is 0 Å². The van der Waals surface area contributed by atoms with Crippen molar-refractivity contribution in [3.63, 3.8) is 0 Å². The molecule has 1 aromatic rings. The summed E-state index contributed by atoms with van der Waals surface area (Å²) in [5.41, 5.74) is 3.88. The number of methoxy groups -OCH3 is 1. The number of benzene rings is 1. The molecule has 1 aromatic carbocycles. The van der Waals surface area contributed by atoms with E-state index in [0.717, 1.165) is 31.1 Å². The van der Waals surface area contributed by atoms with Crippen molar-refractivity contribution < 1.29 is 4.74 Å². The van der Waals surface area contributed by atoms with Crippen LogP contribution >= 0.6 is 11.6 Å². The van der Waals surface area contributed by atoms with Gasteiger partial charge in [-0.1, -0.05) is 31.5 Å². The van der Waals surface area contributed by atoms with Gasteiger partial charge in [-0.3, -0.25) is 0 Å². The number of rotatable bonds is 7. The molecule has 0 aliphatic rings. The lowest BCUT2D eigenvalue weighted by atomic mass is 9.80. The average Bonchev–Trinajstić information content (AvgIpc) is 2.33. The first-order valence-electron chi connectivity index (χ1n) is 6.85. The SMILES string of the molecule is COCCNCCC(C)(C)c1cc(C)c(C)cc1Cl. The Balaban J connectivity index is 2.68. The highest BCUT2D eigenvalue weighted by Gasteiger charge is 2.23. The molecule has 0 radical (unpaired) electrons. The number of nitrogens with one attached hydrogen (secondary N) is 1. The molecular formula is C16H26ClNO. The van der Waals surface area contributed by atoms with Gasteiger partial charge in [-0.15, -0.1) is 0 Å². The first kappa shape index (κ1) is 16.5. The summed E-state index contributed by atoms with van der Waals surface area (Å²) in [5, 5.41) is 4.27. The molecule has 0 saturated heterocycles. The molecule has 1 N–H and O–H groups in total. The van der Waals surface area contributed by atoms with Crippen molar-refractivity contribution in [3.8, 4) is 0 Å². The van der Waals surface area contributed by atoms with Crippen LogP contribution in [0.2, 0.25) is 5.02 Å². The van der Waals surface area contributed by atoms with Crippen LogP contribution in [0.3, 0.4) is 0 Å². The van der Waals surface area contributed by atoms with E-state index in [0.29, 0.717) is 0 Å². The minimum absolute atomic E-state index is 0.0790. The highest BCUT2D eigenvalue weighted by Crippen LogP contribution is 2.34. The molecule has 3 heteroatoms. The van der Waals surface area contributed by atoms with Crippen LogP contribution < -0.4 is 5.32 Å². The molecule has 0 aromatic heterocycles. The summed E-state index contributed by atoms with van der Waals surface area (Å²) in [4.78, 5) is 0. The monoisotopic (exact) mass is 283 g/mol. The maximum Gasteiger partial charge on any atom is 0.0587 e. The van der Waals surface area contributed by atoms with Gasteiger partial charge in [0.25, 0.3) is 0 Å². The van der Waals surface area contributed by atoms with E-state index < -0.39 is 0 Å². The van der Waals surface area contributed by atoms with E-state index in [1.165, 1.54) is 16.7 Å². The van der Waals surface area contributed by atoms with Gasteiger partial charge in [-0.05, 0) is 55.0 Å². The molecule has 0 aliphatic carbocycles. The molecule has 1 rings (SSSR count). The van der Waals surface area contributed by atoms with Crippen LogP contribution in [0.1, 0.15) is 37.0 Å². The van der Waals surface area contributed by atoms with Crippen LogP contribution in [0.4, 0.5) is 0 Å². The third kappa shape index (κ3) is 4.79. The van der Waals surface area contributed by atoms with Gasteiger partial charge in [-0.2, -0.15) is 0 Å². The summed E-state index contributed by atoms with van der Waals surface area (Å²) >= 11 is 6.41. The van der Waals surface area contributed by atoms with Gasteiger partial charge in [-0.25, -0.2) is 0 Å². The van der Waals surface area contributed by atoms with E-state index in [-0.39, 0.29) is 5.41 Å². The second kappa shape index (κ2) is 7.28. The van der Waals surface area contributed by atoms with E-state index >= 15 is 0 Å². The Morgan fingerprint density at radius 1 is 1.16 bits per heavy atom. The first-order valence-corrected chi connectivity index (χ1v) is 7.23. The summed E-state index contributed by atoms with van der Waals surface area (Å²) in [6, 6.07) is 4.30. The number of hydrogen-bond acceptors (Lipinski definition) is 2. The lowest BCUT2D eigenvalue weighted by Gasteiger charge is -2.27. The first-order chi connectivity index (χ1) is 8.88. The van der Waals surface area contributed by atoms with Gasteiger partial charge in [0.05, 0.1) is 6.61 Å². The Morgan fingerprint density at radius 2 is 1.79 bits per heavy atom. The van der Waals surface area contributed by atoms with Crippen molar-refractivity contribution >= 4 is 11.6 Å². The fraction of sp³-hybridized carbons (Fsp3) is 0.625. The molecular weight excluding hydrogens is 258 g/mol. The summed E-state index contributed by atoms with van der Waals surface area (Å²) in [7, 11) is 1.72. The zero-order valence-corrected chi connectivity index (χ0v) is 13.5. The maximum atomic E-state index is 6.41. The molecule has 0 fully saturated rings. The smallest absolute Gasteiger partial charge is 0.0587 e. The maximum absolute atomic E-state index is 6.41. The van der Waals surface area contributed by atoms with Crippen molar-refractivity contribution in [1.29, 1.82) is 0 Å². The Morgan fingerprint density at radius 3 is 2.42 bits per heavy atom. The van der Waals surface area contributed by atoms with Gasteiger partial charge in [0.15, 0.2) is 0 Å². The number of halogens is 1. The summed E-state index contributed by atoms with van der Waals surface area (Å²) < 4.78 is 5.02. The predicted octanol–water partition coefficient (Wildman–Crippen LogP) is 3.86. The Kier molecular flexibility index (Phi) is 6.31. The molecule has 2 nitrogen and oxygen atoms in total. The molecule has 0 spiro atoms. The molecule has 0 heterocycles. The van der Waals surface area contributed by atoms with Gasteiger partial charge in [0.1, 0.15) is 0 Å². The quantitative estimate of drug-likeness (QED) is 0.767. The predicted molar refractivity (Wildman–Crippen MR) is 83.3 cm³/mol. The van der Waals surface area contributed by atoms with E-state index in [1.807, 2.05) is 0 Å². The zero-order valence-electron chi connectivity index (χ0n) is 12.8. The molecule has 0 amide bonds. The number of aryl methyl sites for hydroxylation is 2. The fourth-order valence-electron chi connectivity index (χ4n) is 2.13. The van der Waals surface area contributed by atoms with E-state index in [9.17, 15) is 0 Å². The van der Waals surface area contributed by atoms with Crippen LogP contribution in [0.5, 0.6) is 0 Å². The topological polar surface area (TPSA) is 21.3 Å². The summed E-state index contributed by atoms with van der Waals surface area (Å²) in [6.45, 7) is 11.4. The summed E-state index contributed by atoms with van der Waals surface area (Å²) in [5.74, 6) is 0. The van der Waals surface area contributed by atoms with Crippen molar-refractivity contribution in [2.45, 2.75) is 39.5 Å². The van der Waals surface area contributed by atoms with Crippen LogP contribution in [0, 0.1) is 13.8 Å². The lowest BCUT2D eigenvalue weighted by Crippen LogP contribution is -2.27. The molecule has 19 heavy (non-hydrogen) atoms. The molecule has 0 aliphatic heterocycles. The van der Waals surface area contributed by atoms with E-state index in [4.69, 9.17) is 16.3 Å². The second-order valence-electron chi connectivity index (χ2n) is 5.79. The molecule has 0 atom stereocenters. The average molecular weight is 284 g/mol. The van der Waals surface area contributed by atoms with E-state index in [1.54, 1.807) is 7.11 Å². The third-order valence-electron chi connectivity index (χ3n) is 3.72. The van der Waals surface area contributed by atoms with E-state index in [2.05, 4.69) is 45.1 Å². The number of ether oxygens (including phenoxy) is 1. The minimum Gasteiger partial charge on any atom is -0.383 e. The Hall–Kier alpha value is -0.570. The minimum atomic E-state index is 0.0790. The standard InChI is InChI=1S/C16H26ClNO/c1-12-10-14(15(17)11-13(12)2)16(3,4)6-7-18-8-9-19-5/h10-11,18H,6-9H2,1-5H3. The molecule has 108 valence electrons. The lowest BCUT2D eigenvalue weighted by molar-refractivity contribution is 0.198. The fourth-order valence-corrected chi connectivity index (χ4v) is 2.61. The number of hydrogen-bond donors (Lipinski definition) is 1. The molecule has 0 bridgehead atoms. The van der Waals surface area contributed by atoms with Crippen LogP contribution in [0.15, 0.2) is 12.1 Å². The van der Waals surface area contributed by atoms with Crippen molar-refractivity contribution in [3.05, 3.63) is 33.8 Å². The van der Waals surface area contributed by atoms with Crippen LogP contribution in [0.25, 0.3) is 0 Å². The summed E-state index contributed by atoms with van der Waals surface area (Å²) in [6.07, 6.45) is 1.05. The van der Waals surface area contributed by atoms with Gasteiger partial charge >= 0.3 is 0 Å². The highest BCUT2D eigenvalue weighted by atomic mass is 35.5. The third-order valence-corrected chi connectivity index (χ3v) is 4.03. The van der Waals surface area contributed by atoms with Crippen LogP contribution in [-0.2, 0) is 10.2 Å². The largest absolute Gasteiger partial charge is 0.383 e. The Bertz CT molecular complexity index is 415. The van der Waals surface area contributed by atoms with Gasteiger partial charge in [0.2, 0.25) is 0 Å². The second-order valence-corrected chi connectivity index (χ2v) is 6.20. The van der Waals surface area contributed by atoms with Gasteiger partial charge < -0.3 is 10.1 Å². The van der Waals surface area contributed by atoms with Crippen molar-refractivity contribution in [1.82, 2.24) is 5.32 Å².